The van der Waals surface area contributed by atoms with E-state index in [0.717, 1.165) is 12.2 Å². The number of rotatable bonds is 2. The molecule has 0 amide bonds. The molecule has 1 radical (unpaired) electrons. The summed E-state index contributed by atoms with van der Waals surface area (Å²) in [6, 6.07) is 10.1. The summed E-state index contributed by atoms with van der Waals surface area (Å²) in [6.07, 6.45) is 4.90. The van der Waals surface area contributed by atoms with Crippen LogP contribution in [0.1, 0.15) is 11.3 Å². The van der Waals surface area contributed by atoms with Crippen molar-refractivity contribution in [2.75, 3.05) is 0 Å². The SMILES string of the molecule is [c]1ncc(Cc2ccccc2)o1. The molecule has 0 fully saturated rings. The van der Waals surface area contributed by atoms with E-state index in [-0.39, 0.29) is 0 Å². The van der Waals surface area contributed by atoms with E-state index in [1.165, 1.54) is 5.56 Å². The fraction of sp³-hybridized carbons (Fsp3) is 0.100. The molecule has 2 nitrogen and oxygen atoms in total. The van der Waals surface area contributed by atoms with Crippen LogP contribution in [0.25, 0.3) is 0 Å². The van der Waals surface area contributed by atoms with Gasteiger partial charge in [0.15, 0.2) is 0 Å². The maximum absolute atomic E-state index is 5.00. The first-order valence-electron chi connectivity index (χ1n) is 3.80. The molecule has 0 bridgehead atoms. The van der Waals surface area contributed by atoms with Crippen LogP contribution in [0, 0.1) is 6.39 Å². The van der Waals surface area contributed by atoms with Crippen LogP contribution >= 0.6 is 0 Å². The summed E-state index contributed by atoms with van der Waals surface area (Å²) >= 11 is 0. The standard InChI is InChI=1S/C10H8NO/c1-2-4-9(5-3-1)6-10-7-11-8-12-10/h1-5,7H,6H2. The zero-order valence-electron chi connectivity index (χ0n) is 6.53. The Bertz CT molecular complexity index is 326. The molecule has 59 valence electrons. The minimum atomic E-state index is 0.789. The molecule has 2 rings (SSSR count). The van der Waals surface area contributed by atoms with E-state index >= 15 is 0 Å². The predicted molar refractivity (Wildman–Crippen MR) is 44.6 cm³/mol. The highest BCUT2D eigenvalue weighted by molar-refractivity contribution is 5.18. The van der Waals surface area contributed by atoms with Crippen molar-refractivity contribution in [2.45, 2.75) is 6.42 Å². The maximum Gasteiger partial charge on any atom is 0.283 e. The quantitative estimate of drug-likeness (QED) is 0.668. The average Bonchev–Trinajstić information content (AvgIpc) is 2.59. The van der Waals surface area contributed by atoms with Crippen molar-refractivity contribution in [3.05, 3.63) is 54.2 Å². The number of oxazole rings is 1. The Morgan fingerprint density at radius 2 is 2.08 bits per heavy atom. The molecule has 2 aromatic rings. The monoisotopic (exact) mass is 158 g/mol. The molecule has 1 aromatic carbocycles. The van der Waals surface area contributed by atoms with Gasteiger partial charge >= 0.3 is 0 Å². The molecule has 0 saturated carbocycles. The molecular formula is C10H8NO. The molecule has 0 saturated heterocycles. The third-order valence-electron chi connectivity index (χ3n) is 1.66. The van der Waals surface area contributed by atoms with Crippen LogP contribution in [0.2, 0.25) is 0 Å². The smallest absolute Gasteiger partial charge is 0.283 e. The second-order valence-corrected chi connectivity index (χ2v) is 2.58. The van der Waals surface area contributed by atoms with Crippen molar-refractivity contribution in [3.63, 3.8) is 0 Å². The number of hydrogen-bond acceptors (Lipinski definition) is 2. The lowest BCUT2D eigenvalue weighted by Crippen LogP contribution is -1.83. The van der Waals surface area contributed by atoms with Gasteiger partial charge in [0, 0.05) is 6.42 Å². The van der Waals surface area contributed by atoms with Crippen molar-refractivity contribution in [2.24, 2.45) is 0 Å². The Labute approximate surface area is 70.9 Å². The number of hydrogen-bond donors (Lipinski definition) is 0. The summed E-state index contributed by atoms with van der Waals surface area (Å²) in [7, 11) is 0. The molecule has 0 aliphatic carbocycles. The van der Waals surface area contributed by atoms with E-state index in [2.05, 4.69) is 23.5 Å². The number of nitrogens with zero attached hydrogens (tertiary/aromatic N) is 1. The van der Waals surface area contributed by atoms with Crippen molar-refractivity contribution in [3.8, 4) is 0 Å². The van der Waals surface area contributed by atoms with Crippen LogP contribution in [-0.2, 0) is 6.42 Å². The van der Waals surface area contributed by atoms with Crippen molar-refractivity contribution >= 4 is 0 Å². The summed E-state index contributed by atoms with van der Waals surface area (Å²) in [6.45, 7) is 0. The lowest BCUT2D eigenvalue weighted by molar-refractivity contribution is 0.505. The highest BCUT2D eigenvalue weighted by atomic mass is 16.3. The highest BCUT2D eigenvalue weighted by Crippen LogP contribution is 2.06. The van der Waals surface area contributed by atoms with Gasteiger partial charge in [-0.15, -0.1) is 0 Å². The molecule has 2 heteroatoms. The molecule has 1 heterocycles. The van der Waals surface area contributed by atoms with Crippen LogP contribution in [0.5, 0.6) is 0 Å². The Balaban J connectivity index is 2.15. The van der Waals surface area contributed by atoms with Gasteiger partial charge in [0.25, 0.3) is 6.39 Å². The topological polar surface area (TPSA) is 26.0 Å². The lowest BCUT2D eigenvalue weighted by atomic mass is 10.1. The number of benzene rings is 1. The Hall–Kier alpha value is -1.57. The fourth-order valence-electron chi connectivity index (χ4n) is 1.09. The zero-order valence-corrected chi connectivity index (χ0v) is 6.53. The third kappa shape index (κ3) is 1.53. The highest BCUT2D eigenvalue weighted by Gasteiger charge is 1.97. The molecule has 0 unspecified atom stereocenters. The van der Waals surface area contributed by atoms with Crippen molar-refractivity contribution < 1.29 is 4.42 Å². The fourth-order valence-corrected chi connectivity index (χ4v) is 1.09. The molecule has 0 N–H and O–H groups in total. The second kappa shape index (κ2) is 3.22. The Kier molecular flexibility index (Phi) is 1.90. The van der Waals surface area contributed by atoms with Gasteiger partial charge in [-0.05, 0) is 5.56 Å². The van der Waals surface area contributed by atoms with E-state index in [4.69, 9.17) is 4.42 Å². The largest absolute Gasteiger partial charge is 0.437 e. The van der Waals surface area contributed by atoms with Crippen LogP contribution in [-0.4, -0.2) is 4.98 Å². The van der Waals surface area contributed by atoms with Gasteiger partial charge in [-0.1, -0.05) is 30.3 Å². The first-order chi connectivity index (χ1) is 5.95. The van der Waals surface area contributed by atoms with Gasteiger partial charge < -0.3 is 4.42 Å². The average molecular weight is 158 g/mol. The maximum atomic E-state index is 5.00. The second-order valence-electron chi connectivity index (χ2n) is 2.58. The molecular weight excluding hydrogens is 150 g/mol. The molecule has 0 aliphatic heterocycles. The number of aromatic nitrogens is 1. The van der Waals surface area contributed by atoms with E-state index in [1.54, 1.807) is 6.20 Å². The van der Waals surface area contributed by atoms with Crippen LogP contribution in [0.4, 0.5) is 0 Å². The molecule has 12 heavy (non-hydrogen) atoms. The third-order valence-corrected chi connectivity index (χ3v) is 1.66. The zero-order chi connectivity index (χ0) is 8.23. The first-order valence-corrected chi connectivity index (χ1v) is 3.80. The summed E-state index contributed by atoms with van der Waals surface area (Å²) < 4.78 is 5.00. The predicted octanol–water partition coefficient (Wildman–Crippen LogP) is 2.07. The van der Waals surface area contributed by atoms with Gasteiger partial charge in [-0.2, -0.15) is 0 Å². The Morgan fingerprint density at radius 1 is 1.25 bits per heavy atom. The normalized spacial score (nSPS) is 10.0. The van der Waals surface area contributed by atoms with Gasteiger partial charge in [-0.25, -0.2) is 4.98 Å². The van der Waals surface area contributed by atoms with Gasteiger partial charge in [0.2, 0.25) is 0 Å². The van der Waals surface area contributed by atoms with Gasteiger partial charge in [0.1, 0.15) is 5.76 Å². The van der Waals surface area contributed by atoms with E-state index in [9.17, 15) is 0 Å². The van der Waals surface area contributed by atoms with Crippen LogP contribution in [0.15, 0.2) is 40.9 Å². The summed E-state index contributed by atoms with van der Waals surface area (Å²) in [5.41, 5.74) is 1.22. The van der Waals surface area contributed by atoms with E-state index < -0.39 is 0 Å². The molecule has 0 aliphatic rings. The van der Waals surface area contributed by atoms with E-state index in [1.807, 2.05) is 18.2 Å². The van der Waals surface area contributed by atoms with Crippen molar-refractivity contribution in [1.29, 1.82) is 0 Å². The molecule has 0 atom stereocenters. The Morgan fingerprint density at radius 3 is 2.75 bits per heavy atom. The molecule has 1 aromatic heterocycles. The van der Waals surface area contributed by atoms with Crippen LogP contribution in [0.3, 0.4) is 0 Å². The molecule has 0 spiro atoms. The van der Waals surface area contributed by atoms with Crippen LogP contribution < -0.4 is 0 Å². The minimum Gasteiger partial charge on any atom is -0.437 e. The minimum absolute atomic E-state index is 0.789. The van der Waals surface area contributed by atoms with Crippen molar-refractivity contribution in [1.82, 2.24) is 4.98 Å². The van der Waals surface area contributed by atoms with E-state index in [0.29, 0.717) is 0 Å². The van der Waals surface area contributed by atoms with Gasteiger partial charge in [-0.3, -0.25) is 0 Å². The summed E-state index contributed by atoms with van der Waals surface area (Å²) in [5, 5.41) is 0. The first kappa shape index (κ1) is 7.10. The lowest BCUT2D eigenvalue weighted by Gasteiger charge is -1.94. The summed E-state index contributed by atoms with van der Waals surface area (Å²) in [5.74, 6) is 0.848. The summed E-state index contributed by atoms with van der Waals surface area (Å²) in [4.78, 5) is 3.73. The van der Waals surface area contributed by atoms with Gasteiger partial charge in [0.05, 0.1) is 6.20 Å².